The second-order valence-corrected chi connectivity index (χ2v) is 9.58. The van der Waals surface area contributed by atoms with Crippen molar-refractivity contribution in [3.8, 4) is 17.3 Å². The van der Waals surface area contributed by atoms with Crippen LogP contribution in [-0.2, 0) is 14.9 Å². The van der Waals surface area contributed by atoms with Crippen molar-refractivity contribution in [2.75, 3.05) is 19.8 Å². The molecule has 0 spiro atoms. The average Bonchev–Trinajstić information content (AvgIpc) is 3.12. The predicted molar refractivity (Wildman–Crippen MR) is 120 cm³/mol. The Bertz CT molecular complexity index is 1140. The normalized spacial score (nSPS) is 28.2. The minimum Gasteiger partial charge on any atom is -0.456 e. The van der Waals surface area contributed by atoms with Crippen LogP contribution in [0.15, 0.2) is 30.3 Å². The molecule has 7 nitrogen and oxygen atoms in total. The molecule has 2 aliphatic heterocycles. The van der Waals surface area contributed by atoms with E-state index >= 15 is 0 Å². The Labute approximate surface area is 191 Å². The van der Waals surface area contributed by atoms with Gasteiger partial charge in [-0.1, -0.05) is 42.8 Å². The van der Waals surface area contributed by atoms with Crippen LogP contribution in [0.4, 0.5) is 0 Å². The summed E-state index contributed by atoms with van der Waals surface area (Å²) in [4.78, 5) is 12.4. The number of H-pyrrole nitrogens is 1. The molecule has 2 saturated heterocycles. The third-order valence-electron chi connectivity index (χ3n) is 7.23. The van der Waals surface area contributed by atoms with E-state index in [4.69, 9.17) is 30.8 Å². The van der Waals surface area contributed by atoms with E-state index in [2.05, 4.69) is 29.0 Å². The third kappa shape index (κ3) is 3.30. The number of hydrogen-bond acceptors (Lipinski definition) is 6. The van der Waals surface area contributed by atoms with Crippen molar-refractivity contribution in [2.45, 2.75) is 49.9 Å². The van der Waals surface area contributed by atoms with E-state index in [1.165, 1.54) is 0 Å². The molecule has 168 valence electrons. The number of hydrogen-bond donors (Lipinski definition) is 2. The van der Waals surface area contributed by atoms with Crippen molar-refractivity contribution in [3.05, 3.63) is 40.9 Å². The van der Waals surface area contributed by atoms with Gasteiger partial charge in [0.1, 0.15) is 6.10 Å². The molecule has 4 atom stereocenters. The molecule has 3 fully saturated rings. The highest BCUT2D eigenvalue weighted by molar-refractivity contribution is 6.33. The summed E-state index contributed by atoms with van der Waals surface area (Å²) in [6.45, 7) is 3.55. The number of imidazole rings is 1. The molecule has 1 saturated carbocycles. The zero-order chi connectivity index (χ0) is 21.9. The van der Waals surface area contributed by atoms with E-state index in [9.17, 15) is 5.11 Å². The number of aromatic nitrogens is 3. The molecule has 4 heterocycles. The van der Waals surface area contributed by atoms with E-state index in [1.54, 1.807) is 0 Å². The molecular weight excluding hydrogens is 430 g/mol. The van der Waals surface area contributed by atoms with Crippen LogP contribution < -0.4 is 4.74 Å². The number of nitrogens with zero attached hydrogens (tertiary/aromatic N) is 2. The molecule has 2 aromatic heterocycles. The van der Waals surface area contributed by atoms with Crippen molar-refractivity contribution >= 4 is 22.8 Å². The van der Waals surface area contributed by atoms with Gasteiger partial charge >= 0.3 is 0 Å². The van der Waals surface area contributed by atoms with Crippen LogP contribution in [0.2, 0.25) is 5.02 Å². The first-order valence-corrected chi connectivity index (χ1v) is 11.7. The smallest absolute Gasteiger partial charge is 0.296 e. The summed E-state index contributed by atoms with van der Waals surface area (Å²) < 4.78 is 18.0. The van der Waals surface area contributed by atoms with Gasteiger partial charge in [-0.3, -0.25) is 0 Å². The Morgan fingerprint density at radius 1 is 1.16 bits per heavy atom. The van der Waals surface area contributed by atoms with Gasteiger partial charge in [0.15, 0.2) is 11.8 Å². The van der Waals surface area contributed by atoms with Gasteiger partial charge in [-0.2, -0.15) is 4.98 Å². The van der Waals surface area contributed by atoms with Crippen LogP contribution in [0.5, 0.6) is 6.01 Å². The van der Waals surface area contributed by atoms with E-state index in [-0.39, 0.29) is 30.3 Å². The lowest BCUT2D eigenvalue weighted by molar-refractivity contribution is 0.0258. The van der Waals surface area contributed by atoms with Gasteiger partial charge in [0.25, 0.3) is 6.01 Å². The lowest BCUT2D eigenvalue weighted by atomic mass is 9.95. The van der Waals surface area contributed by atoms with Crippen LogP contribution in [0, 0.1) is 5.92 Å². The zero-order valence-corrected chi connectivity index (χ0v) is 18.6. The summed E-state index contributed by atoms with van der Waals surface area (Å²) in [6, 6.07) is 10.4. The number of fused-ring (bicyclic) bond motifs is 2. The highest BCUT2D eigenvalue weighted by Crippen LogP contribution is 2.48. The quantitative estimate of drug-likeness (QED) is 0.586. The predicted octanol–water partition coefficient (Wildman–Crippen LogP) is 3.87. The van der Waals surface area contributed by atoms with E-state index in [1.807, 2.05) is 18.2 Å². The van der Waals surface area contributed by atoms with Crippen LogP contribution in [0.3, 0.4) is 0 Å². The number of nitrogens with one attached hydrogen (secondary N) is 1. The number of halogens is 1. The number of pyridine rings is 1. The minimum absolute atomic E-state index is 0.0583. The molecule has 3 aliphatic rings. The topological polar surface area (TPSA) is 89.5 Å². The highest BCUT2D eigenvalue weighted by Gasteiger charge is 2.48. The average molecular weight is 456 g/mol. The standard InChI is InChI=1S/C24H26ClN3O4/c1-2-13-10-30-21-18(11-31-20(13)21)32-23-26-17-9-16(25)19(27-22(17)28-23)14-3-5-15(6-4-14)24(12-29)7-8-24/h3-6,9,13,18,20-21,29H,2,7-8,10-12H2,1H3,(H,26,27,28). The fourth-order valence-electron chi connectivity index (χ4n) is 4.96. The maximum atomic E-state index is 9.67. The number of rotatable bonds is 6. The number of aromatic amines is 1. The summed E-state index contributed by atoms with van der Waals surface area (Å²) in [5, 5.41) is 10.2. The Morgan fingerprint density at radius 3 is 2.66 bits per heavy atom. The van der Waals surface area contributed by atoms with Gasteiger partial charge in [-0.25, -0.2) is 4.98 Å². The van der Waals surface area contributed by atoms with Crippen molar-refractivity contribution < 1.29 is 19.3 Å². The molecule has 6 rings (SSSR count). The second kappa shape index (κ2) is 7.70. The first-order chi connectivity index (χ1) is 15.6. The summed E-state index contributed by atoms with van der Waals surface area (Å²) in [7, 11) is 0. The van der Waals surface area contributed by atoms with Gasteiger partial charge in [0.2, 0.25) is 0 Å². The fourth-order valence-corrected chi connectivity index (χ4v) is 5.22. The van der Waals surface area contributed by atoms with E-state index in [0.29, 0.717) is 41.5 Å². The molecule has 8 heteroatoms. The van der Waals surface area contributed by atoms with Gasteiger partial charge in [-0.05, 0) is 30.9 Å². The Hall–Kier alpha value is -2.19. The molecule has 0 amide bonds. The number of aliphatic hydroxyl groups is 1. The highest BCUT2D eigenvalue weighted by atomic mass is 35.5. The molecular formula is C24H26ClN3O4. The maximum Gasteiger partial charge on any atom is 0.296 e. The lowest BCUT2D eigenvalue weighted by Gasteiger charge is -2.16. The Kier molecular flexibility index (Phi) is 4.91. The Balaban J connectivity index is 1.24. The number of benzene rings is 1. The summed E-state index contributed by atoms with van der Waals surface area (Å²) >= 11 is 6.56. The van der Waals surface area contributed by atoms with Gasteiger partial charge in [-0.15, -0.1) is 0 Å². The van der Waals surface area contributed by atoms with Crippen molar-refractivity contribution in [3.63, 3.8) is 0 Å². The number of aliphatic hydroxyl groups excluding tert-OH is 1. The molecule has 32 heavy (non-hydrogen) atoms. The molecule has 0 radical (unpaired) electrons. The lowest BCUT2D eigenvalue weighted by Crippen LogP contribution is -2.33. The monoisotopic (exact) mass is 455 g/mol. The van der Waals surface area contributed by atoms with E-state index in [0.717, 1.165) is 35.9 Å². The largest absolute Gasteiger partial charge is 0.456 e. The molecule has 3 aromatic rings. The molecule has 1 aliphatic carbocycles. The van der Waals surface area contributed by atoms with Crippen LogP contribution in [-0.4, -0.2) is 58.2 Å². The van der Waals surface area contributed by atoms with Crippen molar-refractivity contribution in [2.24, 2.45) is 5.92 Å². The summed E-state index contributed by atoms with van der Waals surface area (Å²) in [5.74, 6) is 0.422. The summed E-state index contributed by atoms with van der Waals surface area (Å²) in [6.07, 6.45) is 2.93. The maximum absolute atomic E-state index is 9.67. The fraction of sp³-hybridized carbons (Fsp3) is 0.500. The first-order valence-electron chi connectivity index (χ1n) is 11.3. The van der Waals surface area contributed by atoms with Gasteiger partial charge in [0, 0.05) is 16.9 Å². The Morgan fingerprint density at radius 2 is 1.94 bits per heavy atom. The molecule has 0 bridgehead atoms. The zero-order valence-electron chi connectivity index (χ0n) is 17.9. The third-order valence-corrected chi connectivity index (χ3v) is 7.52. The SMILES string of the molecule is CCC1COC2C(Oc3nc4nc(-c5ccc(C6(CO)CC6)cc5)c(Cl)cc4[nH]3)COC12. The van der Waals surface area contributed by atoms with Crippen molar-refractivity contribution in [1.82, 2.24) is 15.0 Å². The van der Waals surface area contributed by atoms with Crippen molar-refractivity contribution in [1.29, 1.82) is 0 Å². The van der Waals surface area contributed by atoms with Gasteiger partial charge < -0.3 is 24.3 Å². The summed E-state index contributed by atoms with van der Waals surface area (Å²) in [5.41, 5.74) is 3.96. The minimum atomic E-state index is -0.194. The van der Waals surface area contributed by atoms with Gasteiger partial charge in [0.05, 0.1) is 42.2 Å². The second-order valence-electron chi connectivity index (χ2n) is 9.17. The van der Waals surface area contributed by atoms with E-state index < -0.39 is 0 Å². The van der Waals surface area contributed by atoms with Crippen LogP contribution in [0.1, 0.15) is 31.7 Å². The molecule has 2 N–H and O–H groups in total. The van der Waals surface area contributed by atoms with Crippen LogP contribution >= 0.6 is 11.6 Å². The molecule has 4 unspecified atom stereocenters. The number of ether oxygens (including phenoxy) is 3. The van der Waals surface area contributed by atoms with Crippen LogP contribution in [0.25, 0.3) is 22.4 Å². The molecule has 1 aromatic carbocycles. The first kappa shape index (κ1) is 20.4.